The topological polar surface area (TPSA) is 77.5 Å². The molecule has 27 heavy (non-hydrogen) atoms. The molecule has 2 heterocycles. The van der Waals surface area contributed by atoms with Gasteiger partial charge in [-0.15, -0.1) is 0 Å². The van der Waals surface area contributed by atoms with Gasteiger partial charge in [-0.05, 0) is 47.9 Å². The number of fused-ring (bicyclic) bond motifs is 3. The number of halogens is 1. The number of aliphatic hydroxyl groups excluding tert-OH is 2. The summed E-state index contributed by atoms with van der Waals surface area (Å²) in [5.41, 5.74) is 4.78. The van der Waals surface area contributed by atoms with Crippen molar-refractivity contribution in [3.8, 4) is 5.75 Å². The zero-order valence-electron chi connectivity index (χ0n) is 14.9. The highest BCUT2D eigenvalue weighted by Crippen LogP contribution is 2.35. The van der Waals surface area contributed by atoms with E-state index >= 15 is 0 Å². The Bertz CT molecular complexity index is 919. The Labute approximate surface area is 162 Å². The van der Waals surface area contributed by atoms with Crippen LogP contribution in [0.2, 0.25) is 5.02 Å². The summed E-state index contributed by atoms with van der Waals surface area (Å²) in [4.78, 5) is 3.55. The van der Waals surface area contributed by atoms with E-state index < -0.39 is 0 Å². The number of aliphatic hydroxyl groups is 2. The molecule has 0 spiro atoms. The third kappa shape index (κ3) is 3.69. The summed E-state index contributed by atoms with van der Waals surface area (Å²) >= 11 is 6.19. The predicted molar refractivity (Wildman–Crippen MR) is 106 cm³/mol. The third-order valence-electron chi connectivity index (χ3n) is 5.13. The maximum Gasteiger partial charge on any atom is 0.119 e. The van der Waals surface area contributed by atoms with E-state index in [1.807, 2.05) is 42.5 Å². The smallest absolute Gasteiger partial charge is 0.119 e. The van der Waals surface area contributed by atoms with E-state index in [0.29, 0.717) is 6.61 Å². The van der Waals surface area contributed by atoms with Gasteiger partial charge in [0.05, 0.1) is 25.9 Å². The second-order valence-corrected chi connectivity index (χ2v) is 7.39. The first-order chi connectivity index (χ1) is 13.2. The summed E-state index contributed by atoms with van der Waals surface area (Å²) in [6.45, 7) is 1.02. The molecule has 4 rings (SSSR count). The second-order valence-electron chi connectivity index (χ2n) is 6.96. The van der Waals surface area contributed by atoms with Crippen molar-refractivity contribution in [2.45, 2.75) is 12.5 Å². The quantitative estimate of drug-likeness (QED) is 0.525. The van der Waals surface area contributed by atoms with Crippen molar-refractivity contribution in [2.24, 2.45) is 5.92 Å². The van der Waals surface area contributed by atoms with E-state index in [4.69, 9.17) is 26.6 Å². The second kappa shape index (κ2) is 7.90. The van der Waals surface area contributed by atoms with Crippen LogP contribution in [0.25, 0.3) is 10.9 Å². The van der Waals surface area contributed by atoms with E-state index in [1.54, 1.807) is 0 Å². The van der Waals surface area contributed by atoms with Crippen molar-refractivity contribution in [3.63, 3.8) is 0 Å². The fourth-order valence-corrected chi connectivity index (χ4v) is 3.79. The van der Waals surface area contributed by atoms with Crippen molar-refractivity contribution in [1.29, 1.82) is 0 Å². The molecule has 5 nitrogen and oxygen atoms in total. The minimum absolute atomic E-state index is 0.0895. The molecule has 1 aromatic heterocycles. The monoisotopic (exact) mass is 386 g/mol. The molecule has 0 saturated heterocycles. The highest BCUT2D eigenvalue weighted by atomic mass is 35.5. The van der Waals surface area contributed by atoms with Gasteiger partial charge in [-0.2, -0.15) is 0 Å². The van der Waals surface area contributed by atoms with E-state index in [1.165, 1.54) is 16.6 Å². The molecule has 4 N–H and O–H groups in total. The van der Waals surface area contributed by atoms with Crippen molar-refractivity contribution in [1.82, 2.24) is 10.3 Å². The number of hydrogen-bond acceptors (Lipinski definition) is 4. The van der Waals surface area contributed by atoms with Gasteiger partial charge in [0.15, 0.2) is 0 Å². The molecule has 1 aliphatic heterocycles. The molecule has 0 saturated carbocycles. The Morgan fingerprint density at radius 1 is 1.11 bits per heavy atom. The van der Waals surface area contributed by atoms with Crippen LogP contribution in [-0.2, 0) is 6.42 Å². The molecule has 6 heteroatoms. The van der Waals surface area contributed by atoms with E-state index in [0.717, 1.165) is 34.8 Å². The van der Waals surface area contributed by atoms with Crippen LogP contribution in [0, 0.1) is 5.92 Å². The molecule has 0 bridgehead atoms. The van der Waals surface area contributed by atoms with E-state index in [2.05, 4.69) is 10.3 Å². The van der Waals surface area contributed by atoms with Crippen LogP contribution < -0.4 is 10.1 Å². The van der Waals surface area contributed by atoms with Gasteiger partial charge < -0.3 is 25.3 Å². The van der Waals surface area contributed by atoms with Crippen LogP contribution in [0.15, 0.2) is 42.5 Å². The highest BCUT2D eigenvalue weighted by molar-refractivity contribution is 6.31. The molecular weight excluding hydrogens is 364 g/mol. The first kappa shape index (κ1) is 18.3. The first-order valence-electron chi connectivity index (χ1n) is 9.17. The molecule has 0 unspecified atom stereocenters. The first-order valence-corrected chi connectivity index (χ1v) is 9.55. The molecule has 0 aliphatic carbocycles. The van der Waals surface area contributed by atoms with Gasteiger partial charge in [-0.3, -0.25) is 0 Å². The lowest BCUT2D eigenvalue weighted by Gasteiger charge is -2.25. The number of benzene rings is 2. The number of nitrogens with one attached hydrogen (secondary N) is 2. The number of aromatic amines is 1. The summed E-state index contributed by atoms with van der Waals surface area (Å²) in [7, 11) is 0. The van der Waals surface area contributed by atoms with Crippen molar-refractivity contribution in [3.05, 3.63) is 64.3 Å². The van der Waals surface area contributed by atoms with Crippen molar-refractivity contribution in [2.75, 3.05) is 26.4 Å². The molecule has 142 valence electrons. The Morgan fingerprint density at radius 2 is 1.89 bits per heavy atom. The number of aromatic nitrogens is 1. The molecule has 0 fully saturated rings. The maximum atomic E-state index is 9.13. The van der Waals surface area contributed by atoms with Crippen LogP contribution in [0.1, 0.15) is 22.9 Å². The van der Waals surface area contributed by atoms with Gasteiger partial charge in [0.1, 0.15) is 5.75 Å². The molecular formula is C21H23ClN2O3. The molecule has 0 amide bonds. The lowest BCUT2D eigenvalue weighted by Crippen LogP contribution is -2.30. The van der Waals surface area contributed by atoms with Crippen molar-refractivity contribution < 1.29 is 14.9 Å². The Balaban J connectivity index is 1.57. The van der Waals surface area contributed by atoms with Gasteiger partial charge in [0.2, 0.25) is 0 Å². The molecule has 2 aromatic carbocycles. The van der Waals surface area contributed by atoms with Crippen LogP contribution >= 0.6 is 11.6 Å². The zero-order valence-corrected chi connectivity index (χ0v) is 15.7. The number of hydrogen-bond donors (Lipinski definition) is 4. The third-order valence-corrected chi connectivity index (χ3v) is 5.36. The number of ether oxygens (including phenoxy) is 1. The largest absolute Gasteiger partial charge is 0.493 e. The van der Waals surface area contributed by atoms with Gasteiger partial charge in [0.25, 0.3) is 0 Å². The molecule has 1 aliphatic rings. The minimum atomic E-state index is -0.259. The molecule has 1 atom stereocenters. The average molecular weight is 387 g/mol. The normalized spacial score (nSPS) is 16.7. The van der Waals surface area contributed by atoms with Crippen LogP contribution in [0.5, 0.6) is 5.75 Å². The zero-order chi connectivity index (χ0) is 18.8. The fraction of sp³-hybridized carbons (Fsp3) is 0.333. The molecule has 0 radical (unpaired) electrons. The van der Waals surface area contributed by atoms with E-state index in [9.17, 15) is 0 Å². The summed E-state index contributed by atoms with van der Waals surface area (Å²) < 4.78 is 5.66. The minimum Gasteiger partial charge on any atom is -0.493 e. The summed E-state index contributed by atoms with van der Waals surface area (Å²) in [6, 6.07) is 14.0. The van der Waals surface area contributed by atoms with Gasteiger partial charge >= 0.3 is 0 Å². The number of H-pyrrole nitrogens is 1. The lowest BCUT2D eigenvalue weighted by molar-refractivity contribution is 0.106. The lowest BCUT2D eigenvalue weighted by atomic mass is 9.94. The Hall–Kier alpha value is -2.05. The van der Waals surface area contributed by atoms with Crippen LogP contribution in [0.3, 0.4) is 0 Å². The average Bonchev–Trinajstić information content (AvgIpc) is 3.07. The van der Waals surface area contributed by atoms with Crippen LogP contribution in [0.4, 0.5) is 0 Å². The Morgan fingerprint density at radius 3 is 2.63 bits per heavy atom. The summed E-state index contributed by atoms with van der Waals surface area (Å²) in [5.74, 6) is 0.468. The highest BCUT2D eigenvalue weighted by Gasteiger charge is 2.25. The van der Waals surface area contributed by atoms with E-state index in [-0.39, 0.29) is 25.2 Å². The number of rotatable bonds is 6. The Kier molecular flexibility index (Phi) is 5.36. The standard InChI is InChI=1S/C21H23ClN2O3/c22-15-3-6-19-18(9-15)17-7-8-23-20(21(17)24-19)14-1-4-16(5-2-14)27-12-13(10-25)11-26/h1-6,9,13,20,23-26H,7-8,10-12H2/t20-/m0/s1. The maximum absolute atomic E-state index is 9.13. The summed E-state index contributed by atoms with van der Waals surface area (Å²) in [5, 5.41) is 23.8. The summed E-state index contributed by atoms with van der Waals surface area (Å²) in [6.07, 6.45) is 0.969. The SMILES string of the molecule is OCC(CO)COc1ccc([C@@H]2NCCc3c2[nH]c2ccc(Cl)cc32)cc1. The van der Waals surface area contributed by atoms with Crippen molar-refractivity contribution >= 4 is 22.5 Å². The fourth-order valence-electron chi connectivity index (χ4n) is 3.62. The van der Waals surface area contributed by atoms with Gasteiger partial charge in [-0.1, -0.05) is 23.7 Å². The predicted octanol–water partition coefficient (Wildman–Crippen LogP) is 3.04. The van der Waals surface area contributed by atoms with Gasteiger partial charge in [-0.25, -0.2) is 0 Å². The van der Waals surface area contributed by atoms with Crippen LogP contribution in [-0.4, -0.2) is 41.6 Å². The molecule has 3 aromatic rings. The van der Waals surface area contributed by atoms with Gasteiger partial charge in [0, 0.05) is 34.1 Å².